The van der Waals surface area contributed by atoms with Gasteiger partial charge in [-0.05, 0) is 38.5 Å². The number of aromatic nitrogens is 3. The van der Waals surface area contributed by atoms with Crippen LogP contribution in [0.25, 0.3) is 11.4 Å². The van der Waals surface area contributed by atoms with Gasteiger partial charge in [0, 0.05) is 35.2 Å². The minimum absolute atomic E-state index is 0.0865. The molecule has 2 aromatic heterocycles. The number of amides is 1. The van der Waals surface area contributed by atoms with Crippen molar-refractivity contribution in [3.05, 3.63) is 57.7 Å². The predicted molar refractivity (Wildman–Crippen MR) is 104 cm³/mol. The zero-order chi connectivity index (χ0) is 18.5. The molecule has 0 radical (unpaired) electrons. The molecular formula is C19H21N5OS. The number of carbonyl (C=O) groups is 1. The lowest BCUT2D eigenvalue weighted by Crippen LogP contribution is -2.24. The average Bonchev–Trinajstić information content (AvgIpc) is 2.96. The van der Waals surface area contributed by atoms with Gasteiger partial charge in [-0.2, -0.15) is 0 Å². The third-order valence-electron chi connectivity index (χ3n) is 4.01. The Morgan fingerprint density at radius 3 is 2.58 bits per heavy atom. The largest absolute Gasteiger partial charge is 0.384 e. The summed E-state index contributed by atoms with van der Waals surface area (Å²) in [5.41, 5.74) is 8.20. The number of nitrogens with one attached hydrogen (secondary N) is 1. The van der Waals surface area contributed by atoms with E-state index < -0.39 is 0 Å². The summed E-state index contributed by atoms with van der Waals surface area (Å²) >= 11 is 1.73. The molecule has 3 aromatic rings. The summed E-state index contributed by atoms with van der Waals surface area (Å²) in [4.78, 5) is 26.4. The highest BCUT2D eigenvalue weighted by molar-refractivity contribution is 7.11. The lowest BCUT2D eigenvalue weighted by atomic mass is 10.1. The maximum absolute atomic E-state index is 12.2. The Hall–Kier alpha value is -2.80. The maximum atomic E-state index is 12.2. The number of aryl methyl sites for hydroxylation is 3. The summed E-state index contributed by atoms with van der Waals surface area (Å²) in [5, 5.41) is 4.07. The zero-order valence-electron chi connectivity index (χ0n) is 14.8. The van der Waals surface area contributed by atoms with E-state index in [1.807, 2.05) is 19.1 Å². The van der Waals surface area contributed by atoms with Gasteiger partial charge in [0.1, 0.15) is 5.82 Å². The molecule has 0 aliphatic rings. The normalized spacial score (nSPS) is 10.7. The van der Waals surface area contributed by atoms with Gasteiger partial charge in [-0.15, -0.1) is 11.3 Å². The predicted octanol–water partition coefficient (Wildman–Crippen LogP) is 3.16. The molecule has 1 amide bonds. The third kappa shape index (κ3) is 4.43. The molecule has 26 heavy (non-hydrogen) atoms. The molecule has 0 unspecified atom stereocenters. The van der Waals surface area contributed by atoms with Crippen molar-refractivity contribution in [1.29, 1.82) is 0 Å². The van der Waals surface area contributed by atoms with Gasteiger partial charge < -0.3 is 11.1 Å². The molecule has 0 saturated carbocycles. The quantitative estimate of drug-likeness (QED) is 0.653. The van der Waals surface area contributed by atoms with E-state index in [4.69, 9.17) is 5.73 Å². The van der Waals surface area contributed by atoms with Crippen molar-refractivity contribution in [2.24, 2.45) is 0 Å². The topological polar surface area (TPSA) is 93.8 Å². The van der Waals surface area contributed by atoms with Crippen LogP contribution >= 0.6 is 11.3 Å². The number of nitrogen functional groups attached to an aromatic ring is 1. The number of benzene rings is 1. The molecule has 134 valence electrons. The van der Waals surface area contributed by atoms with Gasteiger partial charge >= 0.3 is 0 Å². The number of hydrogen-bond donors (Lipinski definition) is 2. The SMILES string of the molecule is Cc1nc(CCCNC(=O)c2ccc(-c3nccc(N)n3)cc2)sc1C. The van der Waals surface area contributed by atoms with Gasteiger partial charge in [-0.3, -0.25) is 4.79 Å². The van der Waals surface area contributed by atoms with E-state index >= 15 is 0 Å². The van der Waals surface area contributed by atoms with Gasteiger partial charge in [0.15, 0.2) is 5.82 Å². The van der Waals surface area contributed by atoms with Crippen LogP contribution in [-0.4, -0.2) is 27.4 Å². The number of hydrogen-bond acceptors (Lipinski definition) is 6. The van der Waals surface area contributed by atoms with E-state index in [1.54, 1.807) is 35.7 Å². The molecule has 3 N–H and O–H groups in total. The van der Waals surface area contributed by atoms with Gasteiger partial charge in [-0.1, -0.05) is 12.1 Å². The maximum Gasteiger partial charge on any atom is 0.251 e. The summed E-state index contributed by atoms with van der Waals surface area (Å²) in [6.07, 6.45) is 3.36. The van der Waals surface area contributed by atoms with Crippen molar-refractivity contribution in [3.63, 3.8) is 0 Å². The fourth-order valence-corrected chi connectivity index (χ4v) is 3.45. The molecule has 0 atom stereocenters. The standard InChI is InChI=1S/C19H21N5OS/c1-12-13(2)26-17(23-12)4-3-10-22-19(25)15-7-5-14(6-8-15)18-21-11-9-16(20)24-18/h5-9,11H,3-4,10H2,1-2H3,(H,22,25)(H2,20,21,24). The molecular weight excluding hydrogens is 346 g/mol. The van der Waals surface area contributed by atoms with E-state index in [0.29, 0.717) is 23.8 Å². The van der Waals surface area contributed by atoms with Crippen molar-refractivity contribution < 1.29 is 4.79 Å². The molecule has 7 heteroatoms. The zero-order valence-corrected chi connectivity index (χ0v) is 15.6. The second-order valence-electron chi connectivity index (χ2n) is 5.99. The van der Waals surface area contributed by atoms with Crippen molar-refractivity contribution in [2.75, 3.05) is 12.3 Å². The Morgan fingerprint density at radius 1 is 1.15 bits per heavy atom. The summed E-state index contributed by atoms with van der Waals surface area (Å²) in [5.74, 6) is 0.880. The van der Waals surface area contributed by atoms with Crippen LogP contribution in [-0.2, 0) is 6.42 Å². The van der Waals surface area contributed by atoms with Gasteiger partial charge in [-0.25, -0.2) is 15.0 Å². The van der Waals surface area contributed by atoms with E-state index in [2.05, 4.69) is 27.2 Å². The molecule has 0 saturated heterocycles. The van der Waals surface area contributed by atoms with Crippen LogP contribution in [0.15, 0.2) is 36.5 Å². The molecule has 2 heterocycles. The highest BCUT2D eigenvalue weighted by atomic mass is 32.1. The van der Waals surface area contributed by atoms with Crippen molar-refractivity contribution >= 4 is 23.1 Å². The number of anilines is 1. The minimum Gasteiger partial charge on any atom is -0.384 e. The average molecular weight is 367 g/mol. The fourth-order valence-electron chi connectivity index (χ4n) is 2.47. The van der Waals surface area contributed by atoms with Crippen LogP contribution in [0.4, 0.5) is 5.82 Å². The summed E-state index contributed by atoms with van der Waals surface area (Å²) in [7, 11) is 0. The van der Waals surface area contributed by atoms with E-state index in [-0.39, 0.29) is 5.91 Å². The second-order valence-corrected chi connectivity index (χ2v) is 7.28. The minimum atomic E-state index is -0.0865. The van der Waals surface area contributed by atoms with Crippen LogP contribution in [0.1, 0.15) is 32.4 Å². The summed E-state index contributed by atoms with van der Waals surface area (Å²) < 4.78 is 0. The van der Waals surface area contributed by atoms with Crippen LogP contribution in [0.5, 0.6) is 0 Å². The van der Waals surface area contributed by atoms with Crippen LogP contribution in [0.3, 0.4) is 0 Å². The molecule has 0 aliphatic carbocycles. The second kappa shape index (κ2) is 8.05. The van der Waals surface area contributed by atoms with Crippen molar-refractivity contribution in [3.8, 4) is 11.4 Å². The third-order valence-corrected chi connectivity index (χ3v) is 5.14. The molecule has 0 bridgehead atoms. The van der Waals surface area contributed by atoms with Gasteiger partial charge in [0.25, 0.3) is 5.91 Å². The molecule has 6 nitrogen and oxygen atoms in total. The number of thiazole rings is 1. The molecule has 0 fully saturated rings. The number of nitrogens with zero attached hydrogens (tertiary/aromatic N) is 3. The van der Waals surface area contributed by atoms with E-state index in [0.717, 1.165) is 29.1 Å². The lowest BCUT2D eigenvalue weighted by Gasteiger charge is -2.06. The van der Waals surface area contributed by atoms with E-state index in [1.165, 1.54) is 4.88 Å². The monoisotopic (exact) mass is 367 g/mol. The first-order chi connectivity index (χ1) is 12.5. The first-order valence-electron chi connectivity index (χ1n) is 8.43. The Labute approximate surface area is 156 Å². The molecule has 3 rings (SSSR count). The summed E-state index contributed by atoms with van der Waals surface area (Å²) in [6.45, 7) is 4.73. The Balaban J connectivity index is 1.51. The van der Waals surface area contributed by atoms with Gasteiger partial charge in [0.2, 0.25) is 0 Å². The smallest absolute Gasteiger partial charge is 0.251 e. The molecule has 1 aromatic carbocycles. The van der Waals surface area contributed by atoms with Crippen LogP contribution < -0.4 is 11.1 Å². The Morgan fingerprint density at radius 2 is 1.92 bits per heavy atom. The number of rotatable bonds is 6. The highest BCUT2D eigenvalue weighted by Gasteiger charge is 2.08. The summed E-state index contributed by atoms with van der Waals surface area (Å²) in [6, 6.07) is 8.82. The van der Waals surface area contributed by atoms with Crippen LogP contribution in [0, 0.1) is 13.8 Å². The molecule has 0 aliphatic heterocycles. The Kier molecular flexibility index (Phi) is 5.58. The fraction of sp³-hybridized carbons (Fsp3) is 0.263. The highest BCUT2D eigenvalue weighted by Crippen LogP contribution is 2.18. The van der Waals surface area contributed by atoms with Crippen LogP contribution in [0.2, 0.25) is 0 Å². The Bertz CT molecular complexity index is 885. The number of nitrogens with two attached hydrogens (primary N) is 1. The van der Waals surface area contributed by atoms with Crippen molar-refractivity contribution in [2.45, 2.75) is 26.7 Å². The van der Waals surface area contributed by atoms with E-state index in [9.17, 15) is 4.79 Å². The first kappa shape index (κ1) is 18.0. The van der Waals surface area contributed by atoms with Gasteiger partial charge in [0.05, 0.1) is 10.7 Å². The first-order valence-corrected chi connectivity index (χ1v) is 9.24. The molecule has 0 spiro atoms. The number of carbonyl (C=O) groups excluding carboxylic acids is 1. The lowest BCUT2D eigenvalue weighted by molar-refractivity contribution is 0.0953. The van der Waals surface area contributed by atoms with Crippen molar-refractivity contribution in [1.82, 2.24) is 20.3 Å².